The fourth-order valence-corrected chi connectivity index (χ4v) is 2.55. The van der Waals surface area contributed by atoms with Crippen LogP contribution in [0.1, 0.15) is 29.4 Å². The highest BCUT2D eigenvalue weighted by Crippen LogP contribution is 2.36. The van der Waals surface area contributed by atoms with Crippen LogP contribution in [-0.2, 0) is 4.79 Å². The Hall–Kier alpha value is -2.38. The summed E-state index contributed by atoms with van der Waals surface area (Å²) in [6.07, 6.45) is -0.226. The molecule has 3 nitrogen and oxygen atoms in total. The van der Waals surface area contributed by atoms with E-state index in [-0.39, 0.29) is 6.42 Å². The number of rotatable bonds is 5. The zero-order valence-corrected chi connectivity index (χ0v) is 12.3. The predicted octanol–water partition coefficient (Wildman–Crippen LogP) is 4.34. The highest BCUT2D eigenvalue weighted by molar-refractivity contribution is 6.30. The number of carboxylic acids is 1. The number of hydrogen-bond donors (Lipinski definition) is 1. The van der Waals surface area contributed by atoms with Crippen LogP contribution in [0.2, 0.25) is 5.02 Å². The Morgan fingerprint density at radius 1 is 1.23 bits per heavy atom. The molecule has 0 bridgehead atoms. The summed E-state index contributed by atoms with van der Waals surface area (Å²) < 4.78 is 13.4. The van der Waals surface area contributed by atoms with E-state index in [9.17, 15) is 14.4 Å². The van der Waals surface area contributed by atoms with E-state index in [1.807, 2.05) is 0 Å². The molecule has 0 radical (unpaired) electrons. The van der Waals surface area contributed by atoms with Crippen molar-refractivity contribution >= 4 is 17.6 Å². The first-order valence-corrected chi connectivity index (χ1v) is 7.01. The molecule has 0 saturated heterocycles. The lowest BCUT2D eigenvalue weighted by atomic mass is 9.80. The number of carbonyl (C=O) groups is 1. The number of carboxylic acid groups (broad SMARTS) is 1. The number of halogens is 2. The van der Waals surface area contributed by atoms with Crippen LogP contribution < -0.4 is 0 Å². The van der Waals surface area contributed by atoms with Crippen molar-refractivity contribution in [3.8, 4) is 6.07 Å². The van der Waals surface area contributed by atoms with Crippen molar-refractivity contribution in [3.05, 3.63) is 70.5 Å². The summed E-state index contributed by atoms with van der Waals surface area (Å²) in [5.41, 5.74) is 1.14. The molecule has 1 N–H and O–H groups in total. The van der Waals surface area contributed by atoms with Crippen LogP contribution in [0.15, 0.2) is 48.5 Å². The van der Waals surface area contributed by atoms with Gasteiger partial charge in [-0.15, -0.1) is 0 Å². The number of nitrogens with zero attached hydrogens (tertiary/aromatic N) is 1. The van der Waals surface area contributed by atoms with Gasteiger partial charge in [0.1, 0.15) is 5.82 Å². The molecule has 2 aromatic rings. The van der Waals surface area contributed by atoms with E-state index in [0.717, 1.165) is 0 Å². The highest BCUT2D eigenvalue weighted by atomic mass is 35.5. The van der Waals surface area contributed by atoms with E-state index < -0.39 is 23.6 Å². The Kier molecular flexibility index (Phi) is 5.13. The predicted molar refractivity (Wildman–Crippen MR) is 81.2 cm³/mol. The van der Waals surface area contributed by atoms with Crippen molar-refractivity contribution in [3.63, 3.8) is 0 Å². The maximum absolute atomic E-state index is 13.4. The minimum atomic E-state index is -1.02. The van der Waals surface area contributed by atoms with Crippen LogP contribution in [-0.4, -0.2) is 11.1 Å². The van der Waals surface area contributed by atoms with Gasteiger partial charge in [-0.2, -0.15) is 5.26 Å². The summed E-state index contributed by atoms with van der Waals surface area (Å²) in [5.74, 6) is -2.81. The molecule has 22 heavy (non-hydrogen) atoms. The highest BCUT2D eigenvalue weighted by Gasteiger charge is 2.27. The van der Waals surface area contributed by atoms with E-state index in [2.05, 4.69) is 6.07 Å². The summed E-state index contributed by atoms with van der Waals surface area (Å²) >= 11 is 5.84. The van der Waals surface area contributed by atoms with Gasteiger partial charge in [0, 0.05) is 10.9 Å². The van der Waals surface area contributed by atoms with Crippen LogP contribution in [0.25, 0.3) is 0 Å². The molecule has 0 aliphatic rings. The lowest BCUT2D eigenvalue weighted by molar-refractivity contribution is -0.137. The molecular formula is C17H13ClFNO2. The van der Waals surface area contributed by atoms with Gasteiger partial charge in [0.05, 0.1) is 18.4 Å². The van der Waals surface area contributed by atoms with Gasteiger partial charge in [-0.1, -0.05) is 35.9 Å². The molecule has 2 unspecified atom stereocenters. The van der Waals surface area contributed by atoms with Crippen molar-refractivity contribution < 1.29 is 14.3 Å². The molecule has 0 aromatic heterocycles. The third kappa shape index (κ3) is 3.84. The topological polar surface area (TPSA) is 61.1 Å². The second kappa shape index (κ2) is 7.06. The van der Waals surface area contributed by atoms with Crippen LogP contribution in [0.4, 0.5) is 4.39 Å². The van der Waals surface area contributed by atoms with Gasteiger partial charge in [0.25, 0.3) is 0 Å². The van der Waals surface area contributed by atoms with Crippen LogP contribution >= 0.6 is 11.6 Å². The van der Waals surface area contributed by atoms with Crippen molar-refractivity contribution in [2.24, 2.45) is 0 Å². The van der Waals surface area contributed by atoms with Crippen molar-refractivity contribution in [1.29, 1.82) is 5.26 Å². The largest absolute Gasteiger partial charge is 0.481 e. The van der Waals surface area contributed by atoms with Gasteiger partial charge >= 0.3 is 5.97 Å². The molecular weight excluding hydrogens is 305 g/mol. The van der Waals surface area contributed by atoms with Crippen molar-refractivity contribution in [2.75, 3.05) is 0 Å². The van der Waals surface area contributed by atoms with E-state index in [0.29, 0.717) is 16.1 Å². The van der Waals surface area contributed by atoms with Crippen molar-refractivity contribution in [2.45, 2.75) is 18.3 Å². The molecule has 2 atom stereocenters. The van der Waals surface area contributed by atoms with Gasteiger partial charge < -0.3 is 5.11 Å². The van der Waals surface area contributed by atoms with Gasteiger partial charge in [-0.05, 0) is 35.4 Å². The van der Waals surface area contributed by atoms with Crippen LogP contribution in [0.3, 0.4) is 0 Å². The van der Waals surface area contributed by atoms with E-state index in [1.54, 1.807) is 30.3 Å². The SMILES string of the molecule is N#CC(c1cccc(F)c1)C(CC(=O)O)c1ccc(Cl)cc1. The van der Waals surface area contributed by atoms with Gasteiger partial charge in [0.15, 0.2) is 0 Å². The molecule has 0 aliphatic heterocycles. The monoisotopic (exact) mass is 317 g/mol. The molecule has 112 valence electrons. The first-order chi connectivity index (χ1) is 10.5. The Balaban J connectivity index is 2.44. The molecule has 0 spiro atoms. The fourth-order valence-electron chi connectivity index (χ4n) is 2.42. The Labute approximate surface area is 132 Å². The first-order valence-electron chi connectivity index (χ1n) is 6.63. The summed E-state index contributed by atoms with van der Waals surface area (Å²) in [6, 6.07) is 14.5. The number of aliphatic carboxylic acids is 1. The molecule has 2 aromatic carbocycles. The lowest BCUT2D eigenvalue weighted by Crippen LogP contribution is -2.14. The number of hydrogen-bond acceptors (Lipinski definition) is 2. The second-order valence-electron chi connectivity index (χ2n) is 4.92. The van der Waals surface area contributed by atoms with Gasteiger partial charge in [-0.25, -0.2) is 4.39 Å². The Morgan fingerprint density at radius 2 is 1.91 bits per heavy atom. The smallest absolute Gasteiger partial charge is 0.304 e. The van der Waals surface area contributed by atoms with E-state index >= 15 is 0 Å². The summed E-state index contributed by atoms with van der Waals surface area (Å²) in [5, 5.41) is 19.1. The Morgan fingerprint density at radius 3 is 2.45 bits per heavy atom. The minimum absolute atomic E-state index is 0.226. The maximum atomic E-state index is 13.4. The Bertz CT molecular complexity index is 709. The van der Waals surface area contributed by atoms with Gasteiger partial charge in [0.2, 0.25) is 0 Å². The molecule has 0 heterocycles. The minimum Gasteiger partial charge on any atom is -0.481 e. The van der Waals surface area contributed by atoms with Crippen LogP contribution in [0, 0.1) is 17.1 Å². The standard InChI is InChI=1S/C17H13ClFNO2/c18-13-6-4-11(5-7-13)15(9-17(21)22)16(10-20)12-2-1-3-14(19)8-12/h1-8,15-16H,9H2,(H,21,22). The zero-order valence-electron chi connectivity index (χ0n) is 11.5. The average molecular weight is 318 g/mol. The van der Waals surface area contributed by atoms with Crippen LogP contribution in [0.5, 0.6) is 0 Å². The fraction of sp³-hybridized carbons (Fsp3) is 0.176. The summed E-state index contributed by atoms with van der Waals surface area (Å²) in [6.45, 7) is 0. The quantitative estimate of drug-likeness (QED) is 0.892. The molecule has 5 heteroatoms. The van der Waals surface area contributed by atoms with E-state index in [1.165, 1.54) is 18.2 Å². The normalized spacial score (nSPS) is 13.1. The third-order valence-electron chi connectivity index (χ3n) is 3.44. The summed E-state index contributed by atoms with van der Waals surface area (Å²) in [7, 11) is 0. The third-order valence-corrected chi connectivity index (χ3v) is 3.69. The average Bonchev–Trinajstić information content (AvgIpc) is 2.47. The van der Waals surface area contributed by atoms with E-state index in [4.69, 9.17) is 16.7 Å². The molecule has 0 saturated carbocycles. The molecule has 0 aliphatic carbocycles. The second-order valence-corrected chi connectivity index (χ2v) is 5.35. The number of benzene rings is 2. The molecule has 0 fully saturated rings. The van der Waals surface area contributed by atoms with Gasteiger partial charge in [-0.3, -0.25) is 4.79 Å². The summed E-state index contributed by atoms with van der Waals surface area (Å²) in [4.78, 5) is 11.2. The molecule has 0 amide bonds. The molecule has 2 rings (SSSR count). The van der Waals surface area contributed by atoms with Crippen molar-refractivity contribution in [1.82, 2.24) is 0 Å². The zero-order chi connectivity index (χ0) is 16.1. The first kappa shape index (κ1) is 16.0. The maximum Gasteiger partial charge on any atom is 0.304 e. The number of nitriles is 1. The lowest BCUT2D eigenvalue weighted by Gasteiger charge is -2.21.